The Hall–Kier alpha value is -2.36. The van der Waals surface area contributed by atoms with Crippen LogP contribution in [0.3, 0.4) is 0 Å². The minimum absolute atomic E-state index is 0.111. The first-order valence-electron chi connectivity index (χ1n) is 8.83. The number of fused-ring (bicyclic) bond motifs is 3. The summed E-state index contributed by atoms with van der Waals surface area (Å²) in [5.74, 6) is 1.32. The number of nitrogens with one attached hydrogen (secondary N) is 2. The van der Waals surface area contributed by atoms with Gasteiger partial charge in [-0.2, -0.15) is 0 Å². The maximum absolute atomic E-state index is 12.6. The van der Waals surface area contributed by atoms with Crippen LogP contribution in [-0.2, 0) is 6.42 Å². The predicted molar refractivity (Wildman–Crippen MR) is 91.3 cm³/mol. The Bertz CT molecular complexity index is 881. The molecule has 122 valence electrons. The van der Waals surface area contributed by atoms with Crippen molar-refractivity contribution in [2.75, 3.05) is 0 Å². The Labute approximate surface area is 140 Å². The van der Waals surface area contributed by atoms with E-state index in [1.165, 1.54) is 17.2 Å². The summed E-state index contributed by atoms with van der Waals surface area (Å²) < 4.78 is 0. The van der Waals surface area contributed by atoms with Crippen molar-refractivity contribution < 1.29 is 4.79 Å². The molecule has 2 fully saturated rings. The maximum Gasteiger partial charge on any atom is 0.251 e. The highest BCUT2D eigenvalue weighted by Gasteiger charge is 2.53. The highest BCUT2D eigenvalue weighted by molar-refractivity contribution is 5.94. The van der Waals surface area contributed by atoms with Crippen LogP contribution in [0.2, 0.25) is 0 Å². The van der Waals surface area contributed by atoms with Gasteiger partial charge in [-0.05, 0) is 54.7 Å². The molecule has 0 radical (unpaired) electrons. The summed E-state index contributed by atoms with van der Waals surface area (Å²) in [6.45, 7) is 0. The Balaban J connectivity index is 1.36. The molecule has 0 aliphatic heterocycles. The van der Waals surface area contributed by atoms with Crippen molar-refractivity contribution in [2.45, 2.75) is 43.6 Å². The number of hydrogen-bond acceptors (Lipinski definition) is 2. The number of carbonyl (C=O) groups is 1. The quantitative estimate of drug-likeness (QED) is 0.913. The van der Waals surface area contributed by atoms with Gasteiger partial charge < -0.3 is 10.3 Å². The van der Waals surface area contributed by atoms with Crippen LogP contribution in [0.15, 0.2) is 41.2 Å². The molecule has 0 bridgehead atoms. The fraction of sp³-hybridized carbons (Fsp3) is 0.400. The standard InChI is InChI=1S/C20H20N2O2/c23-17-10-13(9-16(21-17)12-5-6-12)20(24)22-19-15-8-7-11-3-1-2-4-14(11)18(15)19/h1-4,9-10,12,15,18-19H,5-8H2,(H,21,23)(H,22,24). The highest BCUT2D eigenvalue weighted by atomic mass is 16.2. The van der Waals surface area contributed by atoms with Crippen molar-refractivity contribution in [3.63, 3.8) is 0 Å². The second-order valence-corrected chi connectivity index (χ2v) is 7.39. The molecule has 0 saturated heterocycles. The van der Waals surface area contributed by atoms with Gasteiger partial charge in [-0.15, -0.1) is 0 Å². The van der Waals surface area contributed by atoms with E-state index in [9.17, 15) is 9.59 Å². The van der Waals surface area contributed by atoms with E-state index in [0.717, 1.165) is 31.4 Å². The van der Waals surface area contributed by atoms with Gasteiger partial charge in [-0.1, -0.05) is 24.3 Å². The lowest BCUT2D eigenvalue weighted by Gasteiger charge is -2.13. The molecule has 3 aliphatic rings. The largest absolute Gasteiger partial charge is 0.348 e. The third-order valence-electron chi connectivity index (χ3n) is 5.77. The molecule has 3 atom stereocenters. The van der Waals surface area contributed by atoms with E-state index in [0.29, 0.717) is 23.3 Å². The first-order valence-corrected chi connectivity index (χ1v) is 8.83. The lowest BCUT2D eigenvalue weighted by atomic mass is 9.92. The lowest BCUT2D eigenvalue weighted by Crippen LogP contribution is -2.28. The van der Waals surface area contributed by atoms with Gasteiger partial charge in [-0.3, -0.25) is 9.59 Å². The van der Waals surface area contributed by atoms with Crippen molar-refractivity contribution in [1.29, 1.82) is 0 Å². The van der Waals surface area contributed by atoms with E-state index in [1.807, 2.05) is 6.07 Å². The summed E-state index contributed by atoms with van der Waals surface area (Å²) >= 11 is 0. The number of aromatic amines is 1. The van der Waals surface area contributed by atoms with Gasteiger partial charge in [0, 0.05) is 29.3 Å². The van der Waals surface area contributed by atoms with E-state index in [1.54, 1.807) is 0 Å². The number of pyridine rings is 1. The molecular weight excluding hydrogens is 300 g/mol. The van der Waals surface area contributed by atoms with Crippen LogP contribution >= 0.6 is 0 Å². The molecule has 5 rings (SSSR count). The predicted octanol–water partition coefficient (Wildman–Crippen LogP) is 2.71. The van der Waals surface area contributed by atoms with Gasteiger partial charge >= 0.3 is 0 Å². The average molecular weight is 320 g/mol. The van der Waals surface area contributed by atoms with E-state index in [-0.39, 0.29) is 17.5 Å². The van der Waals surface area contributed by atoms with Gasteiger partial charge in [-0.25, -0.2) is 0 Å². The zero-order chi connectivity index (χ0) is 16.3. The van der Waals surface area contributed by atoms with E-state index >= 15 is 0 Å². The summed E-state index contributed by atoms with van der Waals surface area (Å²) in [5.41, 5.74) is 4.04. The second-order valence-electron chi connectivity index (χ2n) is 7.39. The molecule has 1 heterocycles. The van der Waals surface area contributed by atoms with Crippen molar-refractivity contribution in [1.82, 2.24) is 10.3 Å². The minimum Gasteiger partial charge on any atom is -0.348 e. The monoisotopic (exact) mass is 320 g/mol. The third kappa shape index (κ3) is 2.29. The fourth-order valence-corrected chi connectivity index (χ4v) is 4.31. The number of hydrogen-bond donors (Lipinski definition) is 2. The van der Waals surface area contributed by atoms with E-state index in [4.69, 9.17) is 0 Å². The maximum atomic E-state index is 12.6. The summed E-state index contributed by atoms with van der Waals surface area (Å²) in [7, 11) is 0. The highest BCUT2D eigenvalue weighted by Crippen LogP contribution is 2.54. The summed E-state index contributed by atoms with van der Waals surface area (Å²) in [6.07, 6.45) is 4.44. The number of rotatable bonds is 3. The first-order chi connectivity index (χ1) is 11.7. The lowest BCUT2D eigenvalue weighted by molar-refractivity contribution is 0.0948. The molecule has 0 spiro atoms. The SMILES string of the molecule is O=C(NC1C2CCc3ccccc3C21)c1cc(C2CC2)[nH]c(=O)c1. The van der Waals surface area contributed by atoms with Crippen LogP contribution in [-0.4, -0.2) is 16.9 Å². The van der Waals surface area contributed by atoms with E-state index in [2.05, 4.69) is 34.6 Å². The number of H-pyrrole nitrogens is 1. The van der Waals surface area contributed by atoms with Crippen molar-refractivity contribution in [3.8, 4) is 0 Å². The molecule has 2 N–H and O–H groups in total. The fourth-order valence-electron chi connectivity index (χ4n) is 4.31. The molecular formula is C20H20N2O2. The van der Waals surface area contributed by atoms with Crippen LogP contribution < -0.4 is 10.9 Å². The van der Waals surface area contributed by atoms with Crippen molar-refractivity contribution in [3.05, 3.63) is 69.1 Å². The summed E-state index contributed by atoms with van der Waals surface area (Å²) in [4.78, 5) is 27.3. The van der Waals surface area contributed by atoms with Crippen LogP contribution in [0.1, 0.15) is 58.3 Å². The van der Waals surface area contributed by atoms with Crippen molar-refractivity contribution >= 4 is 5.91 Å². The summed E-state index contributed by atoms with van der Waals surface area (Å²) in [5, 5.41) is 3.18. The Morgan fingerprint density at radius 2 is 1.96 bits per heavy atom. The summed E-state index contributed by atoms with van der Waals surface area (Å²) in [6, 6.07) is 12.0. The molecule has 1 aromatic carbocycles. The molecule has 4 nitrogen and oxygen atoms in total. The average Bonchev–Trinajstić information content (AvgIpc) is 3.49. The van der Waals surface area contributed by atoms with Crippen molar-refractivity contribution in [2.24, 2.45) is 5.92 Å². The number of carbonyl (C=O) groups excluding carboxylic acids is 1. The van der Waals surface area contributed by atoms with E-state index < -0.39 is 0 Å². The molecule has 1 amide bonds. The molecule has 3 aliphatic carbocycles. The second kappa shape index (κ2) is 5.07. The molecule has 2 saturated carbocycles. The molecule has 1 aromatic heterocycles. The molecule has 4 heteroatoms. The van der Waals surface area contributed by atoms with Gasteiger partial charge in [0.1, 0.15) is 0 Å². The third-order valence-corrected chi connectivity index (χ3v) is 5.77. The number of benzene rings is 1. The zero-order valence-electron chi connectivity index (χ0n) is 13.4. The smallest absolute Gasteiger partial charge is 0.251 e. The number of aryl methyl sites for hydroxylation is 1. The molecule has 3 unspecified atom stereocenters. The topological polar surface area (TPSA) is 62.0 Å². The van der Waals surface area contributed by atoms with Crippen LogP contribution in [0.25, 0.3) is 0 Å². The Morgan fingerprint density at radius 3 is 2.79 bits per heavy atom. The zero-order valence-corrected chi connectivity index (χ0v) is 13.4. The van der Waals surface area contributed by atoms with Gasteiger partial charge in [0.2, 0.25) is 5.56 Å². The number of aromatic nitrogens is 1. The Morgan fingerprint density at radius 1 is 1.12 bits per heavy atom. The van der Waals surface area contributed by atoms with Crippen LogP contribution in [0.4, 0.5) is 0 Å². The van der Waals surface area contributed by atoms with Gasteiger partial charge in [0.25, 0.3) is 5.91 Å². The van der Waals surface area contributed by atoms with Crippen LogP contribution in [0, 0.1) is 5.92 Å². The molecule has 2 aromatic rings. The van der Waals surface area contributed by atoms with Crippen LogP contribution in [0.5, 0.6) is 0 Å². The van der Waals surface area contributed by atoms with Gasteiger partial charge in [0.05, 0.1) is 0 Å². The normalized spacial score (nSPS) is 27.1. The first kappa shape index (κ1) is 14.0. The Kier molecular flexibility index (Phi) is 2.96. The van der Waals surface area contributed by atoms with Gasteiger partial charge in [0.15, 0.2) is 0 Å². The number of amides is 1. The minimum atomic E-state index is -0.178. The molecule has 24 heavy (non-hydrogen) atoms.